The number of carbonyl (C=O) groups is 1. The first-order chi connectivity index (χ1) is 14.0. The van der Waals surface area contributed by atoms with Gasteiger partial charge in [0, 0.05) is 31.7 Å². The molecule has 1 aromatic carbocycles. The van der Waals surface area contributed by atoms with Crippen LogP contribution in [0.1, 0.15) is 44.6 Å². The van der Waals surface area contributed by atoms with Gasteiger partial charge < -0.3 is 16.4 Å². The number of likely N-dealkylation sites (tertiary alicyclic amines) is 1. The molecule has 1 amide bonds. The molecule has 0 bridgehead atoms. The zero-order valence-electron chi connectivity index (χ0n) is 17.4. The van der Waals surface area contributed by atoms with E-state index in [4.69, 9.17) is 5.73 Å². The Morgan fingerprint density at radius 1 is 1.28 bits per heavy atom. The Hall–Kier alpha value is -2.15. The van der Waals surface area contributed by atoms with E-state index in [-0.39, 0.29) is 11.7 Å². The molecule has 7 heteroatoms. The van der Waals surface area contributed by atoms with E-state index in [1.165, 1.54) is 37.8 Å². The number of nitrogens with one attached hydrogen (secondary N) is 2. The lowest BCUT2D eigenvalue weighted by Gasteiger charge is -2.24. The molecule has 1 aromatic rings. The van der Waals surface area contributed by atoms with Gasteiger partial charge in [-0.3, -0.25) is 14.7 Å². The summed E-state index contributed by atoms with van der Waals surface area (Å²) in [5.41, 5.74) is 6.48. The topological polar surface area (TPSA) is 82.7 Å². The van der Waals surface area contributed by atoms with Crippen molar-refractivity contribution in [3.8, 4) is 0 Å². The monoisotopic (exact) mass is 403 g/mol. The Morgan fingerprint density at radius 2 is 2.00 bits per heavy atom. The van der Waals surface area contributed by atoms with Crippen molar-refractivity contribution in [2.75, 3.05) is 26.2 Å². The predicted molar refractivity (Wildman–Crippen MR) is 114 cm³/mol. The van der Waals surface area contributed by atoms with Gasteiger partial charge in [0.05, 0.1) is 12.5 Å². The molecule has 2 fully saturated rings. The number of halogens is 1. The fraction of sp³-hybridized carbons (Fsp3) is 0.636. The zero-order valence-corrected chi connectivity index (χ0v) is 17.4. The summed E-state index contributed by atoms with van der Waals surface area (Å²) in [5.74, 6) is -0.364. The van der Waals surface area contributed by atoms with Crippen LogP contribution in [0.5, 0.6) is 0 Å². The number of guanidine groups is 1. The van der Waals surface area contributed by atoms with Crippen LogP contribution in [-0.2, 0) is 11.2 Å². The van der Waals surface area contributed by atoms with E-state index in [0.717, 1.165) is 43.6 Å². The van der Waals surface area contributed by atoms with Crippen LogP contribution in [0.4, 0.5) is 4.39 Å². The minimum atomic E-state index is -0.422. The summed E-state index contributed by atoms with van der Waals surface area (Å²) in [6.45, 7) is 5.27. The van der Waals surface area contributed by atoms with Gasteiger partial charge in [0.1, 0.15) is 5.82 Å². The van der Waals surface area contributed by atoms with Crippen LogP contribution < -0.4 is 16.4 Å². The van der Waals surface area contributed by atoms with Crippen molar-refractivity contribution in [2.24, 2.45) is 16.6 Å². The van der Waals surface area contributed by atoms with Gasteiger partial charge in [-0.2, -0.15) is 0 Å². The number of amides is 1. The van der Waals surface area contributed by atoms with Gasteiger partial charge in [-0.25, -0.2) is 4.39 Å². The molecule has 1 aliphatic heterocycles. The number of benzene rings is 1. The summed E-state index contributed by atoms with van der Waals surface area (Å²) < 4.78 is 13.1. The molecule has 2 aliphatic rings. The number of nitrogens with two attached hydrogens (primary N) is 1. The first kappa shape index (κ1) is 21.6. The first-order valence-corrected chi connectivity index (χ1v) is 10.9. The lowest BCUT2D eigenvalue weighted by molar-refractivity contribution is -0.121. The van der Waals surface area contributed by atoms with E-state index in [1.807, 2.05) is 6.92 Å². The molecule has 6 nitrogen and oxygen atoms in total. The summed E-state index contributed by atoms with van der Waals surface area (Å²) in [6, 6.07) is 7.30. The van der Waals surface area contributed by atoms with E-state index >= 15 is 0 Å². The Kier molecular flexibility index (Phi) is 7.86. The van der Waals surface area contributed by atoms with E-state index in [2.05, 4.69) is 20.5 Å². The smallest absolute Gasteiger partial charge is 0.222 e. The molecule has 3 rings (SSSR count). The SMILES string of the molecule is CCNC(=NCC(Cc1ccc(F)cc1)C(N)=O)NC1CCN(C2CCCC2)C1. The Morgan fingerprint density at radius 3 is 2.66 bits per heavy atom. The molecular formula is C22H34FN5O. The van der Waals surface area contributed by atoms with Crippen LogP contribution in [0.15, 0.2) is 29.3 Å². The fourth-order valence-corrected chi connectivity index (χ4v) is 4.38. The average molecular weight is 404 g/mol. The maximum Gasteiger partial charge on any atom is 0.222 e. The summed E-state index contributed by atoms with van der Waals surface area (Å²) in [5, 5.41) is 6.81. The molecule has 1 aliphatic carbocycles. The molecule has 0 aromatic heterocycles. The highest BCUT2D eigenvalue weighted by molar-refractivity contribution is 5.81. The number of hydrogen-bond donors (Lipinski definition) is 3. The maximum atomic E-state index is 13.1. The average Bonchev–Trinajstić information content (AvgIpc) is 3.38. The molecule has 2 unspecified atom stereocenters. The molecule has 29 heavy (non-hydrogen) atoms. The third-order valence-electron chi connectivity index (χ3n) is 6.01. The first-order valence-electron chi connectivity index (χ1n) is 10.9. The third kappa shape index (κ3) is 6.42. The molecule has 4 N–H and O–H groups in total. The van der Waals surface area contributed by atoms with E-state index in [0.29, 0.717) is 19.0 Å². The third-order valence-corrected chi connectivity index (χ3v) is 6.01. The Balaban J connectivity index is 1.56. The normalized spacial score (nSPS) is 22.0. The second-order valence-corrected chi connectivity index (χ2v) is 8.21. The quantitative estimate of drug-likeness (QED) is 0.458. The van der Waals surface area contributed by atoms with E-state index in [1.54, 1.807) is 12.1 Å². The summed E-state index contributed by atoms with van der Waals surface area (Å²) in [7, 11) is 0. The molecule has 1 saturated carbocycles. The van der Waals surface area contributed by atoms with Crippen molar-refractivity contribution in [3.63, 3.8) is 0 Å². The minimum Gasteiger partial charge on any atom is -0.369 e. The minimum absolute atomic E-state index is 0.288. The number of aliphatic imine (C=N–C) groups is 1. The summed E-state index contributed by atoms with van der Waals surface area (Å²) >= 11 is 0. The highest BCUT2D eigenvalue weighted by atomic mass is 19.1. The standard InChI is InChI=1S/C22H34FN5O/c1-2-25-22(27-19-11-12-28(15-19)20-5-3-4-6-20)26-14-17(21(24)29)13-16-7-9-18(23)10-8-16/h7-10,17,19-20H,2-6,11-15H2,1H3,(H2,24,29)(H2,25,26,27). The largest absolute Gasteiger partial charge is 0.369 e. The molecule has 2 atom stereocenters. The number of rotatable bonds is 8. The van der Waals surface area contributed by atoms with Crippen LogP contribution in [0.3, 0.4) is 0 Å². The number of carbonyl (C=O) groups excluding carboxylic acids is 1. The van der Waals surface area contributed by atoms with Crippen LogP contribution in [0.25, 0.3) is 0 Å². The number of hydrogen-bond acceptors (Lipinski definition) is 3. The van der Waals surface area contributed by atoms with Crippen molar-refractivity contribution in [3.05, 3.63) is 35.6 Å². The molecule has 160 valence electrons. The molecule has 0 radical (unpaired) electrons. The van der Waals surface area contributed by atoms with E-state index in [9.17, 15) is 9.18 Å². The second-order valence-electron chi connectivity index (χ2n) is 8.21. The summed E-state index contributed by atoms with van der Waals surface area (Å²) in [6.07, 6.45) is 6.92. The van der Waals surface area contributed by atoms with Gasteiger partial charge in [-0.15, -0.1) is 0 Å². The van der Waals surface area contributed by atoms with Crippen molar-refractivity contribution in [1.29, 1.82) is 0 Å². The molecule has 1 saturated heterocycles. The predicted octanol–water partition coefficient (Wildman–Crippen LogP) is 2.04. The van der Waals surface area contributed by atoms with Crippen molar-refractivity contribution < 1.29 is 9.18 Å². The lowest BCUT2D eigenvalue weighted by Crippen LogP contribution is -2.45. The number of nitrogens with zero attached hydrogens (tertiary/aromatic N) is 2. The fourth-order valence-electron chi connectivity index (χ4n) is 4.38. The van der Waals surface area contributed by atoms with Crippen LogP contribution in [0.2, 0.25) is 0 Å². The van der Waals surface area contributed by atoms with Crippen molar-refractivity contribution in [2.45, 2.75) is 57.5 Å². The molecule has 0 spiro atoms. The maximum absolute atomic E-state index is 13.1. The molecular weight excluding hydrogens is 369 g/mol. The van der Waals surface area contributed by atoms with Crippen molar-refractivity contribution >= 4 is 11.9 Å². The number of primary amides is 1. The molecule has 1 heterocycles. The zero-order chi connectivity index (χ0) is 20.6. The Labute approximate surface area is 173 Å². The van der Waals surface area contributed by atoms with Gasteiger partial charge in [0.25, 0.3) is 0 Å². The van der Waals surface area contributed by atoms with Gasteiger partial charge in [0.15, 0.2) is 5.96 Å². The Bertz CT molecular complexity index is 687. The van der Waals surface area contributed by atoms with Crippen LogP contribution >= 0.6 is 0 Å². The van der Waals surface area contributed by atoms with Gasteiger partial charge >= 0.3 is 0 Å². The lowest BCUT2D eigenvalue weighted by atomic mass is 9.99. The van der Waals surface area contributed by atoms with E-state index < -0.39 is 5.92 Å². The van der Waals surface area contributed by atoms with Gasteiger partial charge in [-0.05, 0) is 50.3 Å². The highest BCUT2D eigenvalue weighted by Crippen LogP contribution is 2.26. The summed E-state index contributed by atoms with van der Waals surface area (Å²) in [4.78, 5) is 19.1. The highest BCUT2D eigenvalue weighted by Gasteiger charge is 2.30. The van der Waals surface area contributed by atoms with Crippen molar-refractivity contribution in [1.82, 2.24) is 15.5 Å². The van der Waals surface area contributed by atoms with Gasteiger partial charge in [0.2, 0.25) is 5.91 Å². The second kappa shape index (κ2) is 10.6. The van der Waals surface area contributed by atoms with Crippen LogP contribution in [0, 0.1) is 11.7 Å². The van der Waals surface area contributed by atoms with Crippen LogP contribution in [-0.4, -0.2) is 55.0 Å². The van der Waals surface area contributed by atoms with Gasteiger partial charge in [-0.1, -0.05) is 25.0 Å².